The fourth-order valence-corrected chi connectivity index (χ4v) is 3.60. The monoisotopic (exact) mass is 357 g/mol. The molecule has 6 heteroatoms. The van der Waals surface area contributed by atoms with Crippen molar-refractivity contribution >= 4 is 5.91 Å². The number of carbonyl (C=O) groups is 1. The van der Waals surface area contributed by atoms with Crippen LogP contribution in [0.1, 0.15) is 55.7 Å². The fourth-order valence-electron chi connectivity index (χ4n) is 3.60. The molecule has 2 atom stereocenters. The van der Waals surface area contributed by atoms with Crippen LogP contribution in [0.4, 0.5) is 0 Å². The largest absolute Gasteiger partial charge is 0.497 e. The van der Waals surface area contributed by atoms with Crippen molar-refractivity contribution < 1.29 is 14.6 Å². The summed E-state index contributed by atoms with van der Waals surface area (Å²) in [5, 5.41) is 15.6. The predicted octanol–water partition coefficient (Wildman–Crippen LogP) is 2.98. The summed E-state index contributed by atoms with van der Waals surface area (Å²) in [4.78, 5) is 14.8. The molecule has 1 amide bonds. The summed E-state index contributed by atoms with van der Waals surface area (Å²) in [6.07, 6.45) is 3.45. The molecule has 1 N–H and O–H groups in total. The van der Waals surface area contributed by atoms with Gasteiger partial charge in [0.2, 0.25) is 0 Å². The Labute approximate surface area is 154 Å². The van der Waals surface area contributed by atoms with E-state index in [0.29, 0.717) is 12.2 Å². The Kier molecular flexibility index (Phi) is 5.05. The molecule has 1 aliphatic rings. The predicted molar refractivity (Wildman–Crippen MR) is 99.2 cm³/mol. The number of likely N-dealkylation sites (tertiary alicyclic amines) is 1. The lowest BCUT2D eigenvalue weighted by Gasteiger charge is -2.36. The summed E-state index contributed by atoms with van der Waals surface area (Å²) < 4.78 is 6.97. The van der Waals surface area contributed by atoms with E-state index in [9.17, 15) is 9.90 Å². The van der Waals surface area contributed by atoms with Crippen molar-refractivity contribution in [1.29, 1.82) is 0 Å². The van der Waals surface area contributed by atoms with Crippen molar-refractivity contribution in [2.75, 3.05) is 13.7 Å². The third kappa shape index (κ3) is 3.33. The third-order valence-corrected chi connectivity index (χ3v) is 5.19. The number of aromatic nitrogens is 2. The normalized spacial score (nSPS) is 19.6. The van der Waals surface area contributed by atoms with Crippen molar-refractivity contribution in [3.8, 4) is 5.75 Å². The van der Waals surface area contributed by atoms with Gasteiger partial charge in [-0.25, -0.2) is 0 Å². The first-order valence-electron chi connectivity index (χ1n) is 9.07. The number of methoxy groups -OCH3 is 1. The molecule has 1 saturated heterocycles. The molecule has 0 saturated carbocycles. The highest BCUT2D eigenvalue weighted by molar-refractivity contribution is 5.92. The first-order chi connectivity index (χ1) is 12.3. The Bertz CT molecular complexity index is 765. The summed E-state index contributed by atoms with van der Waals surface area (Å²) in [5.41, 5.74) is 0.0609. The standard InChI is InChI=1S/C20H27N3O3/c1-14(2)23-13-11-17(21-23)19(24)22-12-5-6-18(22)20(3,25)15-7-9-16(26-4)10-8-15/h7-11,13-14,18,25H,5-6,12H2,1-4H3. The fraction of sp³-hybridized carbons (Fsp3) is 0.500. The molecular formula is C20H27N3O3. The zero-order valence-corrected chi connectivity index (χ0v) is 15.8. The zero-order valence-electron chi connectivity index (χ0n) is 15.8. The molecule has 0 bridgehead atoms. The Hall–Kier alpha value is -2.34. The minimum Gasteiger partial charge on any atom is -0.497 e. The van der Waals surface area contributed by atoms with Crippen LogP contribution >= 0.6 is 0 Å². The third-order valence-electron chi connectivity index (χ3n) is 5.19. The number of carbonyl (C=O) groups excluding carboxylic acids is 1. The van der Waals surface area contributed by atoms with Gasteiger partial charge in [0.05, 0.1) is 13.2 Å². The maximum atomic E-state index is 13.0. The number of hydrogen-bond donors (Lipinski definition) is 1. The van der Waals surface area contributed by atoms with Gasteiger partial charge in [-0.2, -0.15) is 5.10 Å². The molecule has 2 aromatic rings. The summed E-state index contributed by atoms with van der Waals surface area (Å²) >= 11 is 0. The highest BCUT2D eigenvalue weighted by Gasteiger charge is 2.43. The zero-order chi connectivity index (χ0) is 18.9. The van der Waals surface area contributed by atoms with E-state index in [0.717, 1.165) is 24.2 Å². The molecule has 1 aromatic carbocycles. The van der Waals surface area contributed by atoms with E-state index in [4.69, 9.17) is 4.74 Å². The molecule has 2 unspecified atom stereocenters. The van der Waals surface area contributed by atoms with Crippen molar-refractivity contribution in [3.05, 3.63) is 47.8 Å². The van der Waals surface area contributed by atoms with Crippen LogP contribution in [0.25, 0.3) is 0 Å². The molecule has 1 aromatic heterocycles. The van der Waals surface area contributed by atoms with Crippen LogP contribution in [-0.2, 0) is 5.60 Å². The van der Waals surface area contributed by atoms with Crippen molar-refractivity contribution in [3.63, 3.8) is 0 Å². The molecule has 0 aliphatic carbocycles. The van der Waals surface area contributed by atoms with Gasteiger partial charge in [-0.1, -0.05) is 12.1 Å². The van der Waals surface area contributed by atoms with E-state index in [2.05, 4.69) is 5.10 Å². The Balaban J connectivity index is 1.84. The smallest absolute Gasteiger partial charge is 0.274 e. The minimum absolute atomic E-state index is 0.124. The number of rotatable bonds is 5. The second-order valence-electron chi connectivity index (χ2n) is 7.31. The van der Waals surface area contributed by atoms with Gasteiger partial charge in [0, 0.05) is 18.8 Å². The van der Waals surface area contributed by atoms with Crippen molar-refractivity contribution in [2.45, 2.75) is 51.3 Å². The Morgan fingerprint density at radius 2 is 2.00 bits per heavy atom. The van der Waals surface area contributed by atoms with Crippen LogP contribution < -0.4 is 4.74 Å². The Morgan fingerprint density at radius 1 is 1.31 bits per heavy atom. The first-order valence-corrected chi connectivity index (χ1v) is 9.07. The quantitative estimate of drug-likeness (QED) is 0.893. The minimum atomic E-state index is -1.14. The number of ether oxygens (including phenoxy) is 1. The molecule has 3 rings (SSSR count). The highest BCUT2D eigenvalue weighted by atomic mass is 16.5. The van der Waals surface area contributed by atoms with E-state index in [1.165, 1.54) is 0 Å². The van der Waals surface area contributed by atoms with Gasteiger partial charge < -0.3 is 14.7 Å². The number of nitrogens with zero attached hydrogens (tertiary/aromatic N) is 3. The average molecular weight is 357 g/mol. The summed E-state index contributed by atoms with van der Waals surface area (Å²) in [7, 11) is 1.61. The molecule has 0 spiro atoms. The summed E-state index contributed by atoms with van der Waals surface area (Å²) in [6, 6.07) is 9.03. The average Bonchev–Trinajstić information content (AvgIpc) is 3.31. The topological polar surface area (TPSA) is 67.6 Å². The van der Waals surface area contributed by atoms with Gasteiger partial charge in [0.15, 0.2) is 0 Å². The summed E-state index contributed by atoms with van der Waals surface area (Å²) in [6.45, 7) is 6.45. The number of amides is 1. The Morgan fingerprint density at radius 3 is 2.58 bits per heavy atom. The van der Waals surface area contributed by atoms with Gasteiger partial charge in [0.1, 0.15) is 17.0 Å². The molecule has 140 valence electrons. The molecular weight excluding hydrogens is 330 g/mol. The molecule has 1 fully saturated rings. The van der Waals surface area contributed by atoms with E-state index in [1.807, 2.05) is 44.3 Å². The molecule has 2 heterocycles. The van der Waals surface area contributed by atoms with Crippen molar-refractivity contribution in [2.24, 2.45) is 0 Å². The lowest BCUT2D eigenvalue weighted by atomic mass is 9.86. The van der Waals surface area contributed by atoms with Crippen LogP contribution in [0.3, 0.4) is 0 Å². The van der Waals surface area contributed by atoms with Gasteiger partial charge in [-0.3, -0.25) is 9.48 Å². The van der Waals surface area contributed by atoms with Crippen LogP contribution in [0.5, 0.6) is 5.75 Å². The van der Waals surface area contributed by atoms with Gasteiger partial charge in [0.25, 0.3) is 5.91 Å². The molecule has 0 radical (unpaired) electrons. The summed E-state index contributed by atoms with van der Waals surface area (Å²) in [5.74, 6) is 0.615. The van der Waals surface area contributed by atoms with Gasteiger partial charge in [-0.15, -0.1) is 0 Å². The number of hydrogen-bond acceptors (Lipinski definition) is 4. The molecule has 6 nitrogen and oxygen atoms in total. The SMILES string of the molecule is COc1ccc(C(C)(O)C2CCCN2C(=O)c2ccn(C(C)C)n2)cc1. The first kappa shape index (κ1) is 18.5. The molecule has 1 aliphatic heterocycles. The van der Waals surface area contributed by atoms with Crippen LogP contribution in [0.15, 0.2) is 36.5 Å². The number of benzene rings is 1. The number of aliphatic hydroxyl groups is 1. The van der Waals surface area contributed by atoms with Crippen LogP contribution in [0, 0.1) is 0 Å². The van der Waals surface area contributed by atoms with Crippen molar-refractivity contribution in [1.82, 2.24) is 14.7 Å². The maximum absolute atomic E-state index is 13.0. The van der Waals surface area contributed by atoms with E-state index in [1.54, 1.807) is 29.7 Å². The van der Waals surface area contributed by atoms with Crippen LogP contribution in [-0.4, -0.2) is 45.4 Å². The van der Waals surface area contributed by atoms with E-state index >= 15 is 0 Å². The maximum Gasteiger partial charge on any atom is 0.274 e. The highest BCUT2D eigenvalue weighted by Crippen LogP contribution is 2.36. The van der Waals surface area contributed by atoms with Crippen LogP contribution in [0.2, 0.25) is 0 Å². The van der Waals surface area contributed by atoms with Gasteiger partial charge in [-0.05, 0) is 57.4 Å². The lowest BCUT2D eigenvalue weighted by Crippen LogP contribution is -2.48. The van der Waals surface area contributed by atoms with E-state index < -0.39 is 5.60 Å². The second-order valence-corrected chi connectivity index (χ2v) is 7.31. The molecule has 26 heavy (non-hydrogen) atoms. The van der Waals surface area contributed by atoms with E-state index in [-0.39, 0.29) is 18.0 Å². The van der Waals surface area contributed by atoms with Gasteiger partial charge >= 0.3 is 0 Å². The lowest BCUT2D eigenvalue weighted by molar-refractivity contribution is -0.0179. The second kappa shape index (κ2) is 7.11.